The second kappa shape index (κ2) is 12.7. The summed E-state index contributed by atoms with van der Waals surface area (Å²) in [6.07, 6.45) is 4.10. The number of carbonyl (C=O) groups excluding carboxylic acids is 4. The van der Waals surface area contributed by atoms with Crippen molar-refractivity contribution in [3.8, 4) is 0 Å². The van der Waals surface area contributed by atoms with Crippen LogP contribution in [0.2, 0.25) is 0 Å². The molecular formula is C21H33N7O6. The molecule has 4 atom stereocenters. The first kappa shape index (κ1) is 26.8. The van der Waals surface area contributed by atoms with Crippen molar-refractivity contribution in [3.63, 3.8) is 0 Å². The lowest BCUT2D eigenvalue weighted by atomic mass is 10.0. The number of nitrogens with two attached hydrogens (primary N) is 1. The second-order valence-electron chi connectivity index (χ2n) is 8.75. The van der Waals surface area contributed by atoms with Gasteiger partial charge in [-0.25, -0.2) is 9.78 Å². The number of imidazole rings is 1. The van der Waals surface area contributed by atoms with Gasteiger partial charge in [0.15, 0.2) is 0 Å². The largest absolute Gasteiger partial charge is 0.480 e. The number of rotatable bonds is 13. The number of carbonyl (C=O) groups is 5. The Kier molecular flexibility index (Phi) is 9.98. The predicted molar refractivity (Wildman–Crippen MR) is 120 cm³/mol. The SMILES string of the molecule is CC(C)CC(NC(=O)C1CCCN1)C(=O)NC(Cc1cnc[nH]1)C(=O)NC(CC(N)=O)C(=O)O. The van der Waals surface area contributed by atoms with Gasteiger partial charge in [0.05, 0.1) is 18.8 Å². The van der Waals surface area contributed by atoms with Crippen LogP contribution < -0.4 is 27.0 Å². The van der Waals surface area contributed by atoms with Gasteiger partial charge in [0, 0.05) is 18.3 Å². The minimum absolute atomic E-state index is 0.0208. The molecule has 2 rings (SSSR count). The van der Waals surface area contributed by atoms with Gasteiger partial charge in [0.2, 0.25) is 23.6 Å². The van der Waals surface area contributed by atoms with Gasteiger partial charge in [-0.3, -0.25) is 19.2 Å². The highest BCUT2D eigenvalue weighted by Crippen LogP contribution is 2.10. The van der Waals surface area contributed by atoms with Crippen LogP contribution in [0.4, 0.5) is 0 Å². The third-order valence-corrected chi connectivity index (χ3v) is 5.35. The molecule has 0 bridgehead atoms. The van der Waals surface area contributed by atoms with Crippen LogP contribution in [0.15, 0.2) is 12.5 Å². The number of carboxylic acid groups (broad SMARTS) is 1. The van der Waals surface area contributed by atoms with Crippen LogP contribution in [0.3, 0.4) is 0 Å². The minimum Gasteiger partial charge on any atom is -0.480 e. The van der Waals surface area contributed by atoms with Crippen molar-refractivity contribution in [2.24, 2.45) is 11.7 Å². The summed E-state index contributed by atoms with van der Waals surface area (Å²) in [4.78, 5) is 67.9. The molecule has 0 saturated carbocycles. The van der Waals surface area contributed by atoms with E-state index in [1.54, 1.807) is 0 Å². The van der Waals surface area contributed by atoms with Crippen LogP contribution in [0.25, 0.3) is 0 Å². The second-order valence-corrected chi connectivity index (χ2v) is 8.75. The van der Waals surface area contributed by atoms with Gasteiger partial charge in [0.25, 0.3) is 0 Å². The Hall–Kier alpha value is -3.48. The molecule has 1 aromatic heterocycles. The monoisotopic (exact) mass is 479 g/mol. The summed E-state index contributed by atoms with van der Waals surface area (Å²) in [6, 6.07) is -4.02. The smallest absolute Gasteiger partial charge is 0.326 e. The summed E-state index contributed by atoms with van der Waals surface area (Å²) < 4.78 is 0. The maximum Gasteiger partial charge on any atom is 0.326 e. The first-order valence-electron chi connectivity index (χ1n) is 11.2. The molecule has 0 spiro atoms. The molecule has 2 heterocycles. The summed E-state index contributed by atoms with van der Waals surface area (Å²) in [5.74, 6) is -3.96. The Morgan fingerprint density at radius 2 is 1.79 bits per heavy atom. The maximum atomic E-state index is 13.1. The maximum absolute atomic E-state index is 13.1. The van der Waals surface area contributed by atoms with Gasteiger partial charge < -0.3 is 37.1 Å². The van der Waals surface area contributed by atoms with E-state index in [1.807, 2.05) is 13.8 Å². The number of aromatic nitrogens is 2. The average Bonchev–Trinajstić information content (AvgIpc) is 3.45. The van der Waals surface area contributed by atoms with Crippen LogP contribution in [-0.2, 0) is 30.4 Å². The topological polar surface area (TPSA) is 208 Å². The Morgan fingerprint density at radius 3 is 2.32 bits per heavy atom. The fraction of sp³-hybridized carbons (Fsp3) is 0.619. The molecule has 0 aromatic carbocycles. The number of nitrogens with one attached hydrogen (secondary N) is 5. The molecule has 13 nitrogen and oxygen atoms in total. The van der Waals surface area contributed by atoms with Crippen LogP contribution in [0, 0.1) is 5.92 Å². The van der Waals surface area contributed by atoms with Crippen molar-refractivity contribution in [2.45, 2.75) is 70.1 Å². The molecule has 0 aliphatic carbocycles. The molecule has 1 fully saturated rings. The van der Waals surface area contributed by atoms with Crippen LogP contribution >= 0.6 is 0 Å². The molecule has 4 unspecified atom stereocenters. The van der Waals surface area contributed by atoms with Crippen molar-refractivity contribution in [2.75, 3.05) is 6.54 Å². The summed E-state index contributed by atoms with van der Waals surface area (Å²) in [5, 5.41) is 20.0. The van der Waals surface area contributed by atoms with Crippen LogP contribution in [-0.4, -0.2) is 75.4 Å². The molecule has 8 N–H and O–H groups in total. The van der Waals surface area contributed by atoms with Crippen LogP contribution in [0.5, 0.6) is 0 Å². The first-order valence-corrected chi connectivity index (χ1v) is 11.2. The van der Waals surface area contributed by atoms with E-state index in [0.717, 1.165) is 13.0 Å². The number of hydrogen-bond donors (Lipinski definition) is 7. The zero-order chi connectivity index (χ0) is 25.3. The van der Waals surface area contributed by atoms with Crippen molar-refractivity contribution in [1.82, 2.24) is 31.2 Å². The van der Waals surface area contributed by atoms with Gasteiger partial charge in [-0.1, -0.05) is 13.8 Å². The van der Waals surface area contributed by atoms with Gasteiger partial charge in [0.1, 0.15) is 18.1 Å². The van der Waals surface area contributed by atoms with Crippen molar-refractivity contribution in [1.29, 1.82) is 0 Å². The minimum atomic E-state index is -1.55. The lowest BCUT2D eigenvalue weighted by molar-refractivity contribution is -0.143. The lowest BCUT2D eigenvalue weighted by Crippen LogP contribution is -2.58. The first-order chi connectivity index (χ1) is 16.1. The predicted octanol–water partition coefficient (Wildman–Crippen LogP) is -1.84. The molecule has 1 aliphatic rings. The quantitative estimate of drug-likeness (QED) is 0.171. The summed E-state index contributed by atoms with van der Waals surface area (Å²) in [5.41, 5.74) is 5.59. The van der Waals surface area contributed by atoms with E-state index in [2.05, 4.69) is 31.2 Å². The fourth-order valence-electron chi connectivity index (χ4n) is 3.65. The number of H-pyrrole nitrogens is 1. The van der Waals surface area contributed by atoms with E-state index < -0.39 is 48.2 Å². The standard InChI is InChI=1S/C21H33N7O6/c1-11(2)6-14(26-18(30)13-4-3-5-24-13)19(31)27-15(7-12-9-23-10-25-12)20(32)28-16(21(33)34)8-17(22)29/h9-11,13-16,24H,3-8H2,1-2H3,(H2,22,29)(H,23,25)(H,26,30)(H,27,31)(H,28,32)(H,33,34). The van der Waals surface area contributed by atoms with Gasteiger partial charge >= 0.3 is 5.97 Å². The molecule has 1 aliphatic heterocycles. The molecule has 1 aromatic rings. The number of aliphatic carboxylic acids is 1. The molecule has 0 radical (unpaired) electrons. The Bertz CT molecular complexity index is 867. The normalized spacial score (nSPS) is 18.0. The fourth-order valence-corrected chi connectivity index (χ4v) is 3.65. The van der Waals surface area contributed by atoms with Gasteiger partial charge in [-0.2, -0.15) is 0 Å². The summed E-state index contributed by atoms with van der Waals surface area (Å²) >= 11 is 0. The average molecular weight is 480 g/mol. The zero-order valence-corrected chi connectivity index (χ0v) is 19.3. The molecule has 188 valence electrons. The highest BCUT2D eigenvalue weighted by molar-refractivity contribution is 5.95. The molecule has 13 heteroatoms. The molecule has 34 heavy (non-hydrogen) atoms. The van der Waals surface area contributed by atoms with E-state index in [1.165, 1.54) is 12.5 Å². The Balaban J connectivity index is 2.16. The Labute approximate surface area is 197 Å². The molecular weight excluding hydrogens is 446 g/mol. The van der Waals surface area contributed by atoms with Crippen molar-refractivity contribution >= 4 is 29.6 Å². The highest BCUT2D eigenvalue weighted by Gasteiger charge is 2.32. The van der Waals surface area contributed by atoms with E-state index in [0.29, 0.717) is 18.5 Å². The third kappa shape index (κ3) is 8.46. The van der Waals surface area contributed by atoms with Crippen molar-refractivity contribution < 1.29 is 29.1 Å². The third-order valence-electron chi connectivity index (χ3n) is 5.35. The molecule has 1 saturated heterocycles. The lowest BCUT2D eigenvalue weighted by Gasteiger charge is -2.25. The Morgan fingerprint density at radius 1 is 1.12 bits per heavy atom. The number of aromatic amines is 1. The number of amides is 4. The number of hydrogen-bond acceptors (Lipinski definition) is 7. The zero-order valence-electron chi connectivity index (χ0n) is 19.3. The highest BCUT2D eigenvalue weighted by atomic mass is 16.4. The van der Waals surface area contributed by atoms with Gasteiger partial charge in [-0.05, 0) is 31.7 Å². The van der Waals surface area contributed by atoms with E-state index >= 15 is 0 Å². The number of primary amides is 1. The van der Waals surface area contributed by atoms with E-state index in [4.69, 9.17) is 5.73 Å². The number of carboxylic acids is 1. The number of nitrogens with zero attached hydrogens (tertiary/aromatic N) is 1. The van der Waals surface area contributed by atoms with Crippen molar-refractivity contribution in [3.05, 3.63) is 18.2 Å². The molecule has 4 amide bonds. The van der Waals surface area contributed by atoms with Crippen LogP contribution in [0.1, 0.15) is 45.2 Å². The van der Waals surface area contributed by atoms with E-state index in [-0.39, 0.29) is 24.3 Å². The summed E-state index contributed by atoms with van der Waals surface area (Å²) in [7, 11) is 0. The van der Waals surface area contributed by atoms with Gasteiger partial charge in [-0.15, -0.1) is 0 Å². The summed E-state index contributed by atoms with van der Waals surface area (Å²) in [6.45, 7) is 4.52. The van der Waals surface area contributed by atoms with E-state index in [9.17, 15) is 29.1 Å².